The molecule has 0 amide bonds. The molecule has 1 saturated carbocycles. The number of rotatable bonds is 9. The number of allylic oxidation sites excluding steroid dienone is 1. The van der Waals surface area contributed by atoms with Crippen LogP contribution in [0.5, 0.6) is 5.75 Å². The highest BCUT2D eigenvalue weighted by atomic mass is 19.2. The molecule has 3 heteroatoms. The summed E-state index contributed by atoms with van der Waals surface area (Å²) in [5, 5.41) is 0.970. The van der Waals surface area contributed by atoms with Gasteiger partial charge >= 0.3 is 0 Å². The minimum Gasteiger partial charge on any atom is -0.494 e. The Kier molecular flexibility index (Phi) is 7.80. The molecule has 0 aliphatic heterocycles. The molecule has 0 saturated heterocycles. The van der Waals surface area contributed by atoms with Gasteiger partial charge in [-0.1, -0.05) is 36.4 Å². The molecule has 4 rings (SSSR count). The van der Waals surface area contributed by atoms with Gasteiger partial charge in [0.15, 0.2) is 11.6 Å². The van der Waals surface area contributed by atoms with Crippen molar-refractivity contribution in [2.75, 3.05) is 6.61 Å². The van der Waals surface area contributed by atoms with Gasteiger partial charge in [0.05, 0.1) is 6.61 Å². The predicted octanol–water partition coefficient (Wildman–Crippen LogP) is 8.54. The molecule has 1 nitrogen and oxygen atoms in total. The summed E-state index contributed by atoms with van der Waals surface area (Å²) < 4.78 is 34.9. The van der Waals surface area contributed by atoms with E-state index in [-0.39, 0.29) is 5.39 Å². The van der Waals surface area contributed by atoms with Gasteiger partial charge in [-0.25, -0.2) is 8.78 Å². The van der Waals surface area contributed by atoms with E-state index in [1.807, 2.05) is 13.0 Å². The van der Waals surface area contributed by atoms with Crippen LogP contribution in [0.15, 0.2) is 61.2 Å². The summed E-state index contributed by atoms with van der Waals surface area (Å²) in [5.41, 5.74) is 2.99. The molecule has 0 radical (unpaired) electrons. The fourth-order valence-electron chi connectivity index (χ4n) is 5.17. The number of fused-ring (bicyclic) bond motifs is 1. The Labute approximate surface area is 196 Å². The molecule has 3 aromatic carbocycles. The zero-order valence-electron chi connectivity index (χ0n) is 19.6. The Morgan fingerprint density at radius 1 is 0.939 bits per heavy atom. The zero-order chi connectivity index (χ0) is 23.2. The van der Waals surface area contributed by atoms with E-state index in [4.69, 9.17) is 4.74 Å². The first-order chi connectivity index (χ1) is 16.1. The normalized spacial score (nSPS) is 18.4. The average molecular weight is 449 g/mol. The molecule has 3 aromatic rings. The third-order valence-corrected chi connectivity index (χ3v) is 7.14. The minimum absolute atomic E-state index is 0.269. The van der Waals surface area contributed by atoms with Crippen LogP contribution in [0.25, 0.3) is 10.8 Å². The van der Waals surface area contributed by atoms with Gasteiger partial charge in [0.2, 0.25) is 0 Å². The molecule has 0 heterocycles. The van der Waals surface area contributed by atoms with Gasteiger partial charge in [0.25, 0.3) is 0 Å². The van der Waals surface area contributed by atoms with Crippen LogP contribution >= 0.6 is 0 Å². The predicted molar refractivity (Wildman–Crippen MR) is 133 cm³/mol. The van der Waals surface area contributed by atoms with Crippen molar-refractivity contribution in [2.24, 2.45) is 5.92 Å². The number of ether oxygens (including phenoxy) is 1. The van der Waals surface area contributed by atoms with Crippen LogP contribution in [0.3, 0.4) is 0 Å². The second kappa shape index (κ2) is 11.0. The third-order valence-electron chi connectivity index (χ3n) is 7.14. The summed E-state index contributed by atoms with van der Waals surface area (Å²) in [6.45, 7) is 6.20. The van der Waals surface area contributed by atoms with Crippen LogP contribution in [0.2, 0.25) is 0 Å². The number of hydrogen-bond acceptors (Lipinski definition) is 1. The molecule has 1 aliphatic rings. The molecule has 0 atom stereocenters. The maximum Gasteiger partial charge on any atom is 0.167 e. The highest BCUT2D eigenvalue weighted by Gasteiger charge is 2.22. The molecule has 0 N–H and O–H groups in total. The molecular weight excluding hydrogens is 414 g/mol. The van der Waals surface area contributed by atoms with Gasteiger partial charge in [-0.15, -0.1) is 6.58 Å². The molecule has 174 valence electrons. The van der Waals surface area contributed by atoms with Crippen molar-refractivity contribution in [2.45, 2.75) is 64.2 Å². The van der Waals surface area contributed by atoms with Crippen molar-refractivity contribution >= 4 is 10.8 Å². The van der Waals surface area contributed by atoms with Gasteiger partial charge in [-0.3, -0.25) is 0 Å². The molecule has 1 aliphatic carbocycles. The van der Waals surface area contributed by atoms with Gasteiger partial charge < -0.3 is 4.74 Å². The molecule has 0 spiro atoms. The maximum atomic E-state index is 14.7. The zero-order valence-corrected chi connectivity index (χ0v) is 19.6. The summed E-state index contributed by atoms with van der Waals surface area (Å²) in [5.74, 6) is 0.514. The molecular formula is C30H34F2O. The second-order valence-corrected chi connectivity index (χ2v) is 9.30. The highest BCUT2D eigenvalue weighted by molar-refractivity contribution is 5.85. The molecule has 33 heavy (non-hydrogen) atoms. The van der Waals surface area contributed by atoms with Crippen molar-refractivity contribution in [3.63, 3.8) is 0 Å². The largest absolute Gasteiger partial charge is 0.494 e. The van der Waals surface area contributed by atoms with Gasteiger partial charge in [-0.05, 0) is 110 Å². The van der Waals surface area contributed by atoms with E-state index in [0.29, 0.717) is 42.1 Å². The number of hydrogen-bond donors (Lipinski definition) is 0. The Hall–Kier alpha value is -2.68. The lowest BCUT2D eigenvalue weighted by atomic mass is 9.77. The highest BCUT2D eigenvalue weighted by Crippen LogP contribution is 2.37. The average Bonchev–Trinajstić information content (AvgIpc) is 2.85. The Bertz CT molecular complexity index is 1080. The van der Waals surface area contributed by atoms with E-state index in [2.05, 4.69) is 30.8 Å². The Balaban J connectivity index is 1.39. The van der Waals surface area contributed by atoms with Crippen molar-refractivity contribution in [3.05, 3.63) is 89.5 Å². The lowest BCUT2D eigenvalue weighted by Crippen LogP contribution is -2.13. The fourth-order valence-corrected chi connectivity index (χ4v) is 5.17. The van der Waals surface area contributed by atoms with Crippen LogP contribution in [0, 0.1) is 17.6 Å². The summed E-state index contributed by atoms with van der Waals surface area (Å²) in [6.07, 6.45) is 10.7. The van der Waals surface area contributed by atoms with Crippen LogP contribution < -0.4 is 4.74 Å². The minimum atomic E-state index is -0.789. The van der Waals surface area contributed by atoms with Crippen LogP contribution in [0.4, 0.5) is 8.78 Å². The summed E-state index contributed by atoms with van der Waals surface area (Å²) in [7, 11) is 0. The number of benzene rings is 3. The molecule has 0 unspecified atom stereocenters. The van der Waals surface area contributed by atoms with E-state index in [1.165, 1.54) is 37.7 Å². The lowest BCUT2D eigenvalue weighted by molar-refractivity contribution is 0.312. The van der Waals surface area contributed by atoms with Crippen molar-refractivity contribution in [1.29, 1.82) is 0 Å². The van der Waals surface area contributed by atoms with Gasteiger partial charge in [0, 0.05) is 5.39 Å². The molecule has 1 fully saturated rings. The maximum absolute atomic E-state index is 14.7. The smallest absolute Gasteiger partial charge is 0.167 e. The summed E-state index contributed by atoms with van der Waals surface area (Å²) in [6, 6.07) is 15.7. The Morgan fingerprint density at radius 3 is 2.39 bits per heavy atom. The SMILES string of the molecule is C=CCCC1CCC(c2ccc(CCc3cc4ccc(OCC)cc4c(F)c3F)cc2)CC1. The second-order valence-electron chi connectivity index (χ2n) is 9.30. The van der Waals surface area contributed by atoms with E-state index < -0.39 is 11.6 Å². The summed E-state index contributed by atoms with van der Waals surface area (Å²) in [4.78, 5) is 0. The van der Waals surface area contributed by atoms with E-state index >= 15 is 0 Å². The van der Waals surface area contributed by atoms with Gasteiger partial charge in [-0.2, -0.15) is 0 Å². The number of aryl methyl sites for hydroxylation is 2. The van der Waals surface area contributed by atoms with E-state index in [0.717, 1.165) is 17.9 Å². The van der Waals surface area contributed by atoms with E-state index in [9.17, 15) is 8.78 Å². The first-order valence-electron chi connectivity index (χ1n) is 12.3. The fraction of sp³-hybridized carbons (Fsp3) is 0.400. The molecule has 0 bridgehead atoms. The van der Waals surface area contributed by atoms with Gasteiger partial charge in [0.1, 0.15) is 5.75 Å². The topological polar surface area (TPSA) is 9.23 Å². The monoisotopic (exact) mass is 448 g/mol. The van der Waals surface area contributed by atoms with Crippen LogP contribution in [0.1, 0.15) is 68.1 Å². The Morgan fingerprint density at radius 2 is 1.70 bits per heavy atom. The van der Waals surface area contributed by atoms with Crippen LogP contribution in [-0.2, 0) is 12.8 Å². The quantitative estimate of drug-likeness (QED) is 0.298. The van der Waals surface area contributed by atoms with Crippen molar-refractivity contribution in [1.82, 2.24) is 0 Å². The standard InChI is InChI=1S/C30H34F2O/c1-3-5-6-21-7-12-23(13-8-21)24-14-9-22(10-15-24)11-16-26-19-25-17-18-27(33-4-2)20-28(25)30(32)29(26)31/h3,9-10,14-15,17-21,23H,1,4-8,11-13,16H2,2H3. The van der Waals surface area contributed by atoms with Crippen LogP contribution in [-0.4, -0.2) is 6.61 Å². The number of halogens is 2. The molecule has 0 aromatic heterocycles. The van der Waals surface area contributed by atoms with E-state index in [1.54, 1.807) is 24.3 Å². The lowest BCUT2D eigenvalue weighted by Gasteiger charge is -2.28. The third kappa shape index (κ3) is 5.63. The van der Waals surface area contributed by atoms with Crippen molar-refractivity contribution < 1.29 is 13.5 Å². The first kappa shape index (κ1) is 23.5. The summed E-state index contributed by atoms with van der Waals surface area (Å²) >= 11 is 0. The first-order valence-corrected chi connectivity index (χ1v) is 12.3. The van der Waals surface area contributed by atoms with Crippen molar-refractivity contribution in [3.8, 4) is 5.75 Å².